The van der Waals surface area contributed by atoms with Crippen molar-refractivity contribution in [2.24, 2.45) is 11.8 Å². The van der Waals surface area contributed by atoms with E-state index in [1.165, 1.54) is 13.1 Å². The fourth-order valence-electron chi connectivity index (χ4n) is 3.68. The van der Waals surface area contributed by atoms with Gasteiger partial charge in [-0.2, -0.15) is 0 Å². The molecule has 0 saturated heterocycles. The average molecular weight is 405 g/mol. The molecule has 2 rings (SSSR count). The molecule has 1 heterocycles. The Morgan fingerprint density at radius 1 is 1.07 bits per heavy atom. The largest absolute Gasteiger partial charge is 0.460 e. The number of ether oxygens (including phenoxy) is 2. The summed E-state index contributed by atoms with van der Waals surface area (Å²) in [7, 11) is 0. The topological polar surface area (TPSA) is 103 Å². The third-order valence-corrected chi connectivity index (χ3v) is 4.62. The third kappa shape index (κ3) is 5.63. The van der Waals surface area contributed by atoms with Gasteiger partial charge in [-0.05, 0) is 60.6 Å². The molecule has 1 aliphatic carbocycles. The molecule has 1 aliphatic rings. The fourth-order valence-corrected chi connectivity index (χ4v) is 3.68. The second-order valence-electron chi connectivity index (χ2n) is 9.80. The van der Waals surface area contributed by atoms with Gasteiger partial charge in [0.15, 0.2) is 5.78 Å². The summed E-state index contributed by atoms with van der Waals surface area (Å²) >= 11 is 0. The monoisotopic (exact) mass is 405 g/mol. The van der Waals surface area contributed by atoms with E-state index in [-0.39, 0.29) is 6.42 Å². The van der Waals surface area contributed by atoms with Crippen molar-refractivity contribution >= 4 is 17.7 Å². The van der Waals surface area contributed by atoms with Crippen LogP contribution >= 0.6 is 0 Å². The zero-order chi connectivity index (χ0) is 22.2. The maximum absolute atomic E-state index is 13.1. The minimum absolute atomic E-state index is 0.354. The highest BCUT2D eigenvalue weighted by Crippen LogP contribution is 2.46. The number of rotatable bonds is 3. The third-order valence-electron chi connectivity index (χ3n) is 4.62. The van der Waals surface area contributed by atoms with E-state index in [0.717, 1.165) is 0 Å². The number of hydrogen-bond acceptors (Lipinski definition) is 7. The number of carbonyl (C=O) groups excluding carboxylic acids is 3. The first-order valence-corrected chi connectivity index (χ1v) is 9.74. The Bertz CT molecular complexity index is 773. The molecule has 1 aromatic rings. The van der Waals surface area contributed by atoms with Gasteiger partial charge in [-0.25, -0.2) is 0 Å². The number of esters is 2. The first kappa shape index (κ1) is 23.0. The van der Waals surface area contributed by atoms with E-state index in [1.807, 2.05) is 0 Å². The molecule has 1 saturated carbocycles. The van der Waals surface area contributed by atoms with E-state index in [0.29, 0.717) is 5.69 Å². The highest BCUT2D eigenvalue weighted by Gasteiger charge is 2.58. The molecule has 0 aromatic carbocycles. The summed E-state index contributed by atoms with van der Waals surface area (Å²) < 4.78 is 11.0. The Morgan fingerprint density at radius 2 is 1.62 bits per heavy atom. The van der Waals surface area contributed by atoms with E-state index in [2.05, 4.69) is 4.98 Å². The molecule has 4 atom stereocenters. The Balaban J connectivity index is 2.59. The second-order valence-corrected chi connectivity index (χ2v) is 9.80. The minimum atomic E-state index is -1.69. The van der Waals surface area contributed by atoms with Crippen LogP contribution in [0.4, 0.5) is 0 Å². The molecule has 29 heavy (non-hydrogen) atoms. The number of hydrogen-bond donors (Lipinski definition) is 1. The molecule has 0 unspecified atom stereocenters. The fraction of sp³-hybridized carbons (Fsp3) is 0.636. The maximum atomic E-state index is 13.1. The van der Waals surface area contributed by atoms with Crippen molar-refractivity contribution in [3.05, 3.63) is 30.1 Å². The molecule has 7 nitrogen and oxygen atoms in total. The van der Waals surface area contributed by atoms with Gasteiger partial charge >= 0.3 is 11.9 Å². The molecule has 0 amide bonds. The predicted octanol–water partition coefficient (Wildman–Crippen LogP) is 2.80. The van der Waals surface area contributed by atoms with Crippen molar-refractivity contribution in [2.75, 3.05) is 0 Å². The zero-order valence-electron chi connectivity index (χ0n) is 18.2. The van der Waals surface area contributed by atoms with Gasteiger partial charge in [-0.3, -0.25) is 19.4 Å². The lowest BCUT2D eigenvalue weighted by molar-refractivity contribution is -0.182. The summed E-state index contributed by atoms with van der Waals surface area (Å²) in [4.78, 5) is 43.3. The van der Waals surface area contributed by atoms with Crippen LogP contribution in [0.15, 0.2) is 24.4 Å². The van der Waals surface area contributed by atoms with E-state index in [9.17, 15) is 19.5 Å². The second kappa shape index (κ2) is 7.86. The van der Waals surface area contributed by atoms with Gasteiger partial charge in [0.2, 0.25) is 0 Å². The van der Waals surface area contributed by atoms with Gasteiger partial charge in [0.1, 0.15) is 17.1 Å². The number of pyridine rings is 1. The van der Waals surface area contributed by atoms with Crippen LogP contribution in [0.5, 0.6) is 0 Å². The molecule has 160 valence electrons. The van der Waals surface area contributed by atoms with E-state index in [1.54, 1.807) is 59.7 Å². The van der Waals surface area contributed by atoms with E-state index in [4.69, 9.17) is 9.47 Å². The van der Waals surface area contributed by atoms with Crippen LogP contribution in [-0.4, -0.2) is 44.6 Å². The van der Waals surface area contributed by atoms with Crippen molar-refractivity contribution in [2.45, 2.75) is 77.6 Å². The molecule has 0 spiro atoms. The van der Waals surface area contributed by atoms with Gasteiger partial charge in [0.25, 0.3) is 0 Å². The predicted molar refractivity (Wildman–Crippen MR) is 106 cm³/mol. The van der Waals surface area contributed by atoms with Crippen LogP contribution in [0.25, 0.3) is 0 Å². The first-order valence-electron chi connectivity index (χ1n) is 9.74. The van der Waals surface area contributed by atoms with Crippen molar-refractivity contribution in [3.8, 4) is 0 Å². The van der Waals surface area contributed by atoms with Crippen LogP contribution in [0.1, 0.15) is 66.5 Å². The van der Waals surface area contributed by atoms with E-state index >= 15 is 0 Å². The molecule has 0 aliphatic heterocycles. The normalized spacial score (nSPS) is 28.0. The molecular formula is C22H31NO6. The Morgan fingerprint density at radius 3 is 2.10 bits per heavy atom. The van der Waals surface area contributed by atoms with Crippen LogP contribution in [0.2, 0.25) is 0 Å². The van der Waals surface area contributed by atoms with Crippen LogP contribution in [-0.2, 0) is 23.9 Å². The molecule has 0 radical (unpaired) electrons. The lowest BCUT2D eigenvalue weighted by Crippen LogP contribution is -2.56. The van der Waals surface area contributed by atoms with Crippen molar-refractivity contribution in [3.63, 3.8) is 0 Å². The van der Waals surface area contributed by atoms with Gasteiger partial charge in [-0.15, -0.1) is 0 Å². The van der Waals surface area contributed by atoms with Crippen molar-refractivity contribution < 1.29 is 29.0 Å². The number of carbonyl (C=O) groups is 3. The summed E-state index contributed by atoms with van der Waals surface area (Å²) in [5.41, 5.74) is -2.95. The molecule has 7 heteroatoms. The lowest BCUT2D eigenvalue weighted by Gasteiger charge is -2.44. The number of aromatic nitrogens is 1. The van der Waals surface area contributed by atoms with Crippen LogP contribution < -0.4 is 0 Å². The lowest BCUT2D eigenvalue weighted by atomic mass is 9.62. The Kier molecular flexibility index (Phi) is 6.23. The molecule has 1 N–H and O–H groups in total. The van der Waals surface area contributed by atoms with Gasteiger partial charge in [0, 0.05) is 24.2 Å². The first-order chi connectivity index (χ1) is 13.1. The van der Waals surface area contributed by atoms with Gasteiger partial charge in [0.05, 0.1) is 11.5 Å². The molecule has 0 bridgehead atoms. The highest BCUT2D eigenvalue weighted by atomic mass is 16.6. The Labute approximate surface area is 171 Å². The minimum Gasteiger partial charge on any atom is -0.460 e. The van der Waals surface area contributed by atoms with Gasteiger partial charge < -0.3 is 14.6 Å². The summed E-state index contributed by atoms with van der Waals surface area (Å²) in [6, 6.07) is 5.03. The van der Waals surface area contributed by atoms with Crippen molar-refractivity contribution in [1.82, 2.24) is 4.98 Å². The number of nitrogens with zero attached hydrogens (tertiary/aromatic N) is 1. The van der Waals surface area contributed by atoms with Gasteiger partial charge in [-0.1, -0.05) is 6.07 Å². The Hall–Kier alpha value is -2.28. The SMILES string of the molecule is CC(C)(C)OC(=O)[C@@H]1C(=O)C[C@](C)(O)[C@H](C(=O)OC(C)(C)C)[C@@H]1c1ccccn1. The number of aliphatic hydroxyl groups is 1. The number of ketones is 1. The molecule has 1 fully saturated rings. The quantitative estimate of drug-likeness (QED) is 0.609. The van der Waals surface area contributed by atoms with Crippen molar-refractivity contribution in [1.29, 1.82) is 0 Å². The summed E-state index contributed by atoms with van der Waals surface area (Å²) in [6.07, 6.45) is 1.16. The number of Topliss-reactive ketones (excluding diaryl/α,β-unsaturated/α-hetero) is 1. The smallest absolute Gasteiger partial charge is 0.317 e. The molecular weight excluding hydrogens is 374 g/mol. The summed E-state index contributed by atoms with van der Waals surface area (Å²) in [5.74, 6) is -5.33. The highest BCUT2D eigenvalue weighted by molar-refractivity contribution is 6.02. The van der Waals surface area contributed by atoms with Crippen LogP contribution in [0, 0.1) is 11.8 Å². The maximum Gasteiger partial charge on any atom is 0.317 e. The summed E-state index contributed by atoms with van der Waals surface area (Å²) in [5, 5.41) is 11.0. The standard InChI is InChI=1S/C22H31NO6/c1-20(2,3)28-18(25)16-14(24)12-22(7,27)17(19(26)29-21(4,5)6)15(16)13-10-8-9-11-23-13/h8-11,15-17,27H,12H2,1-7H3/t15-,16-,17+,22+/m1/s1. The average Bonchev–Trinajstić information content (AvgIpc) is 2.50. The van der Waals surface area contributed by atoms with E-state index < -0.39 is 52.3 Å². The molecule has 1 aromatic heterocycles. The zero-order valence-corrected chi connectivity index (χ0v) is 18.2. The summed E-state index contributed by atoms with van der Waals surface area (Å²) in [6.45, 7) is 11.7. The van der Waals surface area contributed by atoms with Crippen LogP contribution in [0.3, 0.4) is 0 Å².